The van der Waals surface area contributed by atoms with Crippen LogP contribution >= 0.6 is 11.6 Å². The predicted molar refractivity (Wildman–Crippen MR) is 61.6 cm³/mol. The molecule has 0 bridgehead atoms. The summed E-state index contributed by atoms with van der Waals surface area (Å²) in [5.74, 6) is 0. The van der Waals surface area contributed by atoms with E-state index in [2.05, 4.69) is 4.99 Å². The van der Waals surface area contributed by atoms with Crippen LogP contribution in [-0.4, -0.2) is 5.71 Å². The average molecular weight is 208 g/mol. The molecule has 0 unspecified atom stereocenters. The van der Waals surface area contributed by atoms with Crippen molar-refractivity contribution in [2.75, 3.05) is 0 Å². The highest BCUT2D eigenvalue weighted by atomic mass is 35.5. The van der Waals surface area contributed by atoms with Gasteiger partial charge < -0.3 is 0 Å². The number of halogens is 1. The van der Waals surface area contributed by atoms with E-state index in [0.29, 0.717) is 0 Å². The maximum Gasteiger partial charge on any atom is 0.0815 e. The molecule has 0 saturated heterocycles. The molecule has 0 atom stereocenters. The van der Waals surface area contributed by atoms with Crippen molar-refractivity contribution in [1.82, 2.24) is 0 Å². The highest BCUT2D eigenvalue weighted by molar-refractivity contribution is 6.33. The fraction of sp³-hybridized carbons (Fsp3) is 0.417. The second kappa shape index (κ2) is 4.61. The first-order valence-electron chi connectivity index (χ1n) is 5.17. The van der Waals surface area contributed by atoms with E-state index in [0.717, 1.165) is 23.6 Å². The van der Waals surface area contributed by atoms with E-state index < -0.39 is 0 Å². The lowest BCUT2D eigenvalue weighted by atomic mass is 9.98. The van der Waals surface area contributed by atoms with Gasteiger partial charge in [0.05, 0.1) is 10.7 Å². The van der Waals surface area contributed by atoms with Gasteiger partial charge in [0.25, 0.3) is 0 Å². The van der Waals surface area contributed by atoms with Gasteiger partial charge in [0, 0.05) is 5.71 Å². The third kappa shape index (κ3) is 2.36. The van der Waals surface area contributed by atoms with Crippen LogP contribution in [0.2, 0.25) is 5.02 Å². The molecule has 0 spiro atoms. The predicted octanol–water partition coefficient (Wildman–Crippen LogP) is 4.38. The third-order valence-electron chi connectivity index (χ3n) is 2.56. The van der Waals surface area contributed by atoms with Crippen LogP contribution in [0.1, 0.15) is 32.1 Å². The third-order valence-corrected chi connectivity index (χ3v) is 2.88. The van der Waals surface area contributed by atoms with Crippen LogP contribution in [0.5, 0.6) is 0 Å². The lowest BCUT2D eigenvalue weighted by molar-refractivity contribution is 0.667. The number of hydrogen-bond donors (Lipinski definition) is 0. The smallest absolute Gasteiger partial charge is 0.0815 e. The zero-order valence-corrected chi connectivity index (χ0v) is 8.93. The largest absolute Gasteiger partial charge is 0.256 e. The van der Waals surface area contributed by atoms with Crippen molar-refractivity contribution in [1.29, 1.82) is 0 Å². The van der Waals surface area contributed by atoms with Gasteiger partial charge in [0.15, 0.2) is 0 Å². The first-order chi connectivity index (χ1) is 6.86. The molecule has 14 heavy (non-hydrogen) atoms. The zero-order chi connectivity index (χ0) is 9.80. The van der Waals surface area contributed by atoms with E-state index in [1.54, 1.807) is 0 Å². The number of nitrogens with zero attached hydrogens (tertiary/aromatic N) is 1. The van der Waals surface area contributed by atoms with Crippen molar-refractivity contribution in [2.24, 2.45) is 4.99 Å². The van der Waals surface area contributed by atoms with Gasteiger partial charge in [-0.3, -0.25) is 4.99 Å². The van der Waals surface area contributed by atoms with Gasteiger partial charge in [-0.25, -0.2) is 0 Å². The quantitative estimate of drug-likeness (QED) is 0.648. The summed E-state index contributed by atoms with van der Waals surface area (Å²) in [6, 6.07) is 7.79. The summed E-state index contributed by atoms with van der Waals surface area (Å²) >= 11 is 6.04. The topological polar surface area (TPSA) is 12.4 Å². The Morgan fingerprint density at radius 2 is 1.71 bits per heavy atom. The molecule has 2 heteroatoms. The summed E-state index contributed by atoms with van der Waals surface area (Å²) in [7, 11) is 0. The molecule has 74 valence electrons. The summed E-state index contributed by atoms with van der Waals surface area (Å²) in [5, 5.41) is 0.755. The van der Waals surface area contributed by atoms with Crippen LogP contribution in [0.25, 0.3) is 0 Å². The Balaban J connectivity index is 2.19. The molecule has 1 aromatic carbocycles. The van der Waals surface area contributed by atoms with E-state index in [9.17, 15) is 0 Å². The summed E-state index contributed by atoms with van der Waals surface area (Å²) in [4.78, 5) is 4.60. The van der Waals surface area contributed by atoms with Crippen molar-refractivity contribution in [3.8, 4) is 0 Å². The lowest BCUT2D eigenvalue weighted by Crippen LogP contribution is -2.03. The maximum atomic E-state index is 6.04. The van der Waals surface area contributed by atoms with Crippen LogP contribution in [0.4, 0.5) is 5.69 Å². The summed E-state index contributed by atoms with van der Waals surface area (Å²) < 4.78 is 0. The Kier molecular flexibility index (Phi) is 3.20. The van der Waals surface area contributed by atoms with Gasteiger partial charge in [-0.15, -0.1) is 0 Å². The normalized spacial score (nSPS) is 16.8. The number of aliphatic imine (C=N–C) groups is 1. The molecule has 1 aromatic rings. The molecule has 0 aliphatic heterocycles. The Labute approximate surface area is 89.8 Å². The molecule has 1 fully saturated rings. The first-order valence-corrected chi connectivity index (χ1v) is 5.55. The minimum absolute atomic E-state index is 0.755. The number of para-hydroxylation sites is 1. The summed E-state index contributed by atoms with van der Waals surface area (Å²) in [6.45, 7) is 0. The maximum absolute atomic E-state index is 6.04. The molecule has 1 aliphatic rings. The van der Waals surface area contributed by atoms with Crippen LogP contribution in [0, 0.1) is 0 Å². The molecule has 1 aliphatic carbocycles. The van der Waals surface area contributed by atoms with Gasteiger partial charge >= 0.3 is 0 Å². The molecule has 0 heterocycles. The SMILES string of the molecule is Clc1ccccc1N=C1CCCCC1. The standard InChI is InChI=1S/C12H14ClN/c13-11-8-4-5-9-12(11)14-10-6-2-1-3-7-10/h4-5,8-9H,1-3,6-7H2. The molecule has 0 N–H and O–H groups in total. The molecular weight excluding hydrogens is 194 g/mol. The lowest BCUT2D eigenvalue weighted by Gasteiger charge is -2.12. The molecule has 0 aromatic heterocycles. The summed E-state index contributed by atoms with van der Waals surface area (Å²) in [5.41, 5.74) is 2.23. The van der Waals surface area contributed by atoms with Crippen molar-refractivity contribution in [3.63, 3.8) is 0 Å². The van der Waals surface area contributed by atoms with Crippen molar-refractivity contribution < 1.29 is 0 Å². The molecule has 0 amide bonds. The Hall–Kier alpha value is -0.820. The van der Waals surface area contributed by atoms with E-state index in [1.807, 2.05) is 24.3 Å². The Morgan fingerprint density at radius 1 is 1.00 bits per heavy atom. The number of benzene rings is 1. The van der Waals surface area contributed by atoms with Crippen molar-refractivity contribution in [3.05, 3.63) is 29.3 Å². The average Bonchev–Trinajstić information content (AvgIpc) is 2.23. The van der Waals surface area contributed by atoms with Crippen molar-refractivity contribution in [2.45, 2.75) is 32.1 Å². The van der Waals surface area contributed by atoms with Crippen LogP contribution in [0.15, 0.2) is 29.3 Å². The van der Waals surface area contributed by atoms with Gasteiger partial charge in [0.2, 0.25) is 0 Å². The number of hydrogen-bond acceptors (Lipinski definition) is 1. The Bertz CT molecular complexity index is 336. The van der Waals surface area contributed by atoms with Crippen molar-refractivity contribution >= 4 is 23.0 Å². The van der Waals surface area contributed by atoms with E-state index in [4.69, 9.17) is 11.6 Å². The minimum Gasteiger partial charge on any atom is -0.256 e. The second-order valence-corrected chi connectivity index (χ2v) is 4.10. The molecule has 1 saturated carbocycles. The van der Waals surface area contributed by atoms with E-state index in [1.165, 1.54) is 25.0 Å². The molecular formula is C12H14ClN. The van der Waals surface area contributed by atoms with E-state index in [-0.39, 0.29) is 0 Å². The number of rotatable bonds is 1. The van der Waals surface area contributed by atoms with E-state index >= 15 is 0 Å². The van der Waals surface area contributed by atoms with Gasteiger partial charge in [-0.2, -0.15) is 0 Å². The highest BCUT2D eigenvalue weighted by Crippen LogP contribution is 2.26. The van der Waals surface area contributed by atoms with Gasteiger partial charge in [-0.1, -0.05) is 30.2 Å². The van der Waals surface area contributed by atoms with Crippen LogP contribution in [-0.2, 0) is 0 Å². The highest BCUT2D eigenvalue weighted by Gasteiger charge is 2.07. The fourth-order valence-electron chi connectivity index (χ4n) is 1.78. The minimum atomic E-state index is 0.755. The first kappa shape index (κ1) is 9.72. The summed E-state index contributed by atoms with van der Waals surface area (Å²) in [6.07, 6.45) is 6.20. The molecule has 0 radical (unpaired) electrons. The molecule has 1 nitrogen and oxygen atoms in total. The zero-order valence-electron chi connectivity index (χ0n) is 8.17. The fourth-order valence-corrected chi connectivity index (χ4v) is 1.96. The van der Waals surface area contributed by atoms with Crippen LogP contribution in [0.3, 0.4) is 0 Å². The van der Waals surface area contributed by atoms with Crippen LogP contribution < -0.4 is 0 Å². The van der Waals surface area contributed by atoms with Gasteiger partial charge in [0.1, 0.15) is 0 Å². The molecule has 2 rings (SSSR count). The Morgan fingerprint density at radius 3 is 2.43 bits per heavy atom. The second-order valence-electron chi connectivity index (χ2n) is 3.69. The van der Waals surface area contributed by atoms with Gasteiger partial charge in [-0.05, 0) is 37.8 Å². The monoisotopic (exact) mass is 207 g/mol.